The number of aromatic nitrogens is 2. The molecule has 1 saturated carbocycles. The van der Waals surface area contributed by atoms with Crippen LogP contribution in [0.3, 0.4) is 0 Å². The number of hydrogen-bond donors (Lipinski definition) is 2. The smallest absolute Gasteiger partial charge is 0.326 e. The molecule has 0 radical (unpaired) electrons. The van der Waals surface area contributed by atoms with Crippen molar-refractivity contribution in [2.75, 3.05) is 26.2 Å². The number of benzene rings is 1. The molecule has 0 unspecified atom stereocenters. The van der Waals surface area contributed by atoms with Gasteiger partial charge in [-0.15, -0.1) is 0 Å². The molecule has 176 valence electrons. The predicted molar refractivity (Wildman–Crippen MR) is 126 cm³/mol. The molecule has 1 aromatic heterocycles. The Bertz CT molecular complexity index is 1030. The Morgan fingerprint density at radius 3 is 2.45 bits per heavy atom. The Kier molecular flexibility index (Phi) is 6.24. The number of imidazole rings is 1. The number of nitrogens with zero attached hydrogens (tertiary/aromatic N) is 3. The second-order valence-electron chi connectivity index (χ2n) is 9.69. The summed E-state index contributed by atoms with van der Waals surface area (Å²) in [6.45, 7) is 2.79. The predicted octanol–water partition coefficient (Wildman–Crippen LogP) is 2.98. The molecule has 1 atom stereocenters. The number of carbonyl (C=O) groups is 2. The van der Waals surface area contributed by atoms with Crippen molar-refractivity contribution in [3.8, 4) is 11.3 Å². The molecule has 33 heavy (non-hydrogen) atoms. The molecular weight excluding hydrogens is 418 g/mol. The van der Waals surface area contributed by atoms with Crippen molar-refractivity contribution in [1.29, 1.82) is 0 Å². The molecule has 2 aromatic rings. The third-order valence-electron chi connectivity index (χ3n) is 7.23. The normalized spacial score (nSPS) is 22.3. The molecule has 3 amide bonds. The largest absolute Gasteiger partial charge is 0.341 e. The lowest BCUT2D eigenvalue weighted by atomic mass is 10.0. The van der Waals surface area contributed by atoms with Gasteiger partial charge in [0.2, 0.25) is 5.91 Å². The maximum absolute atomic E-state index is 13.0. The summed E-state index contributed by atoms with van der Waals surface area (Å²) in [4.78, 5) is 45.2. The van der Waals surface area contributed by atoms with Gasteiger partial charge in [0.1, 0.15) is 6.04 Å². The lowest BCUT2D eigenvalue weighted by Gasteiger charge is -2.33. The van der Waals surface area contributed by atoms with Gasteiger partial charge in [-0.3, -0.25) is 9.36 Å². The molecule has 5 rings (SSSR count). The van der Waals surface area contributed by atoms with E-state index in [2.05, 4.69) is 10.3 Å². The molecule has 2 N–H and O–H groups in total. The number of urea groups is 1. The minimum atomic E-state index is -0.419. The minimum absolute atomic E-state index is 0.0591. The maximum atomic E-state index is 13.0. The van der Waals surface area contributed by atoms with Crippen LogP contribution in [0.5, 0.6) is 0 Å². The standard InChI is InChI=1S/C25H33N5O3/c31-23-21(8-4-5-13-29(23)16-18-9-10-18)26-24(32)28-14-11-20(12-15-28)30-17-22(27-25(30)33)19-6-2-1-3-7-19/h1-3,6-7,17-18,20-21H,4-5,8-16H2,(H,26,32)(H,27,33)/t21-/m0/s1. The van der Waals surface area contributed by atoms with E-state index in [0.29, 0.717) is 38.3 Å². The van der Waals surface area contributed by atoms with Crippen molar-refractivity contribution < 1.29 is 9.59 Å². The zero-order valence-electron chi connectivity index (χ0n) is 19.0. The monoisotopic (exact) mass is 451 g/mol. The summed E-state index contributed by atoms with van der Waals surface area (Å²) in [6, 6.07) is 9.28. The highest BCUT2D eigenvalue weighted by Crippen LogP contribution is 2.31. The van der Waals surface area contributed by atoms with Crippen LogP contribution in [-0.4, -0.2) is 63.5 Å². The van der Waals surface area contributed by atoms with Gasteiger partial charge in [0.05, 0.1) is 5.69 Å². The third-order valence-corrected chi connectivity index (χ3v) is 7.23. The molecule has 3 fully saturated rings. The molecule has 3 aliphatic rings. The van der Waals surface area contributed by atoms with Gasteiger partial charge in [0, 0.05) is 38.4 Å². The number of piperidine rings is 1. The molecule has 0 spiro atoms. The van der Waals surface area contributed by atoms with Crippen LogP contribution in [-0.2, 0) is 4.79 Å². The Balaban J connectivity index is 1.17. The van der Waals surface area contributed by atoms with Gasteiger partial charge in [-0.25, -0.2) is 9.59 Å². The van der Waals surface area contributed by atoms with Crippen LogP contribution in [0.2, 0.25) is 0 Å². The summed E-state index contributed by atoms with van der Waals surface area (Å²) in [5, 5.41) is 3.01. The SMILES string of the molecule is O=C(N[C@H]1CCCCN(CC2CC2)C1=O)N1CCC(n2cc(-c3ccccc3)[nH]c2=O)CC1. The Labute approximate surface area is 194 Å². The van der Waals surface area contributed by atoms with E-state index in [1.165, 1.54) is 12.8 Å². The summed E-state index contributed by atoms with van der Waals surface area (Å²) in [6.07, 6.45) is 8.42. The molecule has 1 aliphatic carbocycles. The van der Waals surface area contributed by atoms with Crippen LogP contribution < -0.4 is 11.0 Å². The lowest BCUT2D eigenvalue weighted by Crippen LogP contribution is -2.53. The van der Waals surface area contributed by atoms with Crippen LogP contribution in [0.4, 0.5) is 4.79 Å². The van der Waals surface area contributed by atoms with Crippen molar-refractivity contribution in [3.63, 3.8) is 0 Å². The van der Waals surface area contributed by atoms with Crippen molar-refractivity contribution in [2.45, 2.75) is 57.0 Å². The van der Waals surface area contributed by atoms with Gasteiger partial charge in [0.25, 0.3) is 0 Å². The number of nitrogens with one attached hydrogen (secondary N) is 2. The first kappa shape index (κ1) is 21.8. The maximum Gasteiger partial charge on any atom is 0.326 e. The first-order valence-corrected chi connectivity index (χ1v) is 12.3. The number of hydrogen-bond acceptors (Lipinski definition) is 3. The fourth-order valence-electron chi connectivity index (χ4n) is 5.07. The zero-order valence-corrected chi connectivity index (χ0v) is 19.0. The number of H-pyrrole nitrogens is 1. The van der Waals surface area contributed by atoms with Crippen molar-refractivity contribution >= 4 is 11.9 Å². The van der Waals surface area contributed by atoms with Crippen molar-refractivity contribution in [3.05, 3.63) is 47.0 Å². The van der Waals surface area contributed by atoms with Crippen LogP contribution >= 0.6 is 0 Å². The Morgan fingerprint density at radius 1 is 0.970 bits per heavy atom. The van der Waals surface area contributed by atoms with E-state index in [4.69, 9.17) is 0 Å². The van der Waals surface area contributed by atoms with Crippen molar-refractivity contribution in [1.82, 2.24) is 24.7 Å². The number of rotatable bonds is 5. The van der Waals surface area contributed by atoms with E-state index in [9.17, 15) is 14.4 Å². The topological polar surface area (TPSA) is 90.4 Å². The van der Waals surface area contributed by atoms with E-state index >= 15 is 0 Å². The molecular formula is C25H33N5O3. The van der Waals surface area contributed by atoms with E-state index in [1.54, 1.807) is 9.47 Å². The van der Waals surface area contributed by atoms with E-state index < -0.39 is 6.04 Å². The molecule has 2 aliphatic heterocycles. The number of amides is 3. The summed E-state index contributed by atoms with van der Waals surface area (Å²) in [5.74, 6) is 0.733. The van der Waals surface area contributed by atoms with Gasteiger partial charge in [-0.05, 0) is 56.4 Å². The summed E-state index contributed by atoms with van der Waals surface area (Å²) in [7, 11) is 0. The van der Waals surface area contributed by atoms with E-state index in [1.807, 2.05) is 41.4 Å². The summed E-state index contributed by atoms with van der Waals surface area (Å²) < 4.78 is 1.77. The van der Waals surface area contributed by atoms with Crippen LogP contribution in [0.25, 0.3) is 11.3 Å². The highest BCUT2D eigenvalue weighted by atomic mass is 16.2. The molecule has 8 heteroatoms. The molecule has 2 saturated heterocycles. The fraction of sp³-hybridized carbons (Fsp3) is 0.560. The lowest BCUT2D eigenvalue weighted by molar-refractivity contribution is -0.133. The van der Waals surface area contributed by atoms with Gasteiger partial charge < -0.3 is 20.1 Å². The summed E-state index contributed by atoms with van der Waals surface area (Å²) in [5.41, 5.74) is 1.67. The minimum Gasteiger partial charge on any atom is -0.341 e. The Hall–Kier alpha value is -3.03. The van der Waals surface area contributed by atoms with Crippen LogP contribution in [0, 0.1) is 5.92 Å². The second kappa shape index (κ2) is 9.45. The third kappa shape index (κ3) is 4.99. The number of aromatic amines is 1. The number of carbonyl (C=O) groups excluding carboxylic acids is 2. The second-order valence-corrected chi connectivity index (χ2v) is 9.69. The van der Waals surface area contributed by atoms with Gasteiger partial charge in [-0.2, -0.15) is 0 Å². The first-order valence-electron chi connectivity index (χ1n) is 12.3. The van der Waals surface area contributed by atoms with E-state index in [0.717, 1.165) is 37.2 Å². The average Bonchev–Trinajstić information content (AvgIpc) is 3.61. The van der Waals surface area contributed by atoms with Gasteiger partial charge in [-0.1, -0.05) is 30.3 Å². The van der Waals surface area contributed by atoms with Crippen LogP contribution in [0.15, 0.2) is 41.3 Å². The number of likely N-dealkylation sites (tertiary alicyclic amines) is 2. The highest BCUT2D eigenvalue weighted by molar-refractivity contribution is 5.87. The Morgan fingerprint density at radius 2 is 1.73 bits per heavy atom. The zero-order chi connectivity index (χ0) is 22.8. The average molecular weight is 452 g/mol. The van der Waals surface area contributed by atoms with Gasteiger partial charge in [0.15, 0.2) is 0 Å². The molecule has 1 aromatic carbocycles. The fourth-order valence-corrected chi connectivity index (χ4v) is 5.07. The first-order chi connectivity index (χ1) is 16.1. The molecule has 0 bridgehead atoms. The molecule has 3 heterocycles. The quantitative estimate of drug-likeness (QED) is 0.732. The van der Waals surface area contributed by atoms with Gasteiger partial charge >= 0.3 is 11.7 Å². The van der Waals surface area contributed by atoms with E-state index in [-0.39, 0.29) is 23.7 Å². The molecule has 8 nitrogen and oxygen atoms in total. The summed E-state index contributed by atoms with van der Waals surface area (Å²) >= 11 is 0. The highest BCUT2D eigenvalue weighted by Gasteiger charge is 2.34. The van der Waals surface area contributed by atoms with Crippen LogP contribution in [0.1, 0.15) is 51.0 Å². The van der Waals surface area contributed by atoms with Crippen molar-refractivity contribution in [2.24, 2.45) is 5.92 Å².